The van der Waals surface area contributed by atoms with Crippen LogP contribution in [0.2, 0.25) is 10.0 Å². The summed E-state index contributed by atoms with van der Waals surface area (Å²) in [7, 11) is 0. The van der Waals surface area contributed by atoms with Crippen molar-refractivity contribution in [3.63, 3.8) is 0 Å². The first-order valence-electron chi connectivity index (χ1n) is 5.56. The van der Waals surface area contributed by atoms with Gasteiger partial charge in [0.1, 0.15) is 0 Å². The zero-order valence-electron chi connectivity index (χ0n) is 9.13. The first kappa shape index (κ1) is 11.0. The lowest BCUT2D eigenvalue weighted by Gasteiger charge is -2.19. The van der Waals surface area contributed by atoms with Crippen molar-refractivity contribution in [3.8, 4) is 0 Å². The number of H-pyrrole nitrogens is 1. The molecule has 0 unspecified atom stereocenters. The van der Waals surface area contributed by atoms with Crippen LogP contribution in [0, 0.1) is 0 Å². The summed E-state index contributed by atoms with van der Waals surface area (Å²) in [5, 5.41) is 4.94. The number of benzene rings is 1. The molecular formula is C13H12Cl2N2. The van der Waals surface area contributed by atoms with Crippen molar-refractivity contribution in [1.82, 2.24) is 4.98 Å². The third kappa shape index (κ3) is 2.03. The van der Waals surface area contributed by atoms with E-state index < -0.39 is 0 Å². The minimum atomic E-state index is -0.0101. The van der Waals surface area contributed by atoms with Crippen molar-refractivity contribution in [1.29, 1.82) is 0 Å². The predicted molar refractivity (Wildman–Crippen MR) is 71.8 cm³/mol. The molecule has 2 N–H and O–H groups in total. The molecule has 1 fully saturated rings. The molecule has 0 atom stereocenters. The Bertz CT molecular complexity index is 530. The largest absolute Gasteiger partial charge is 0.374 e. The Balaban J connectivity index is 1.92. The van der Waals surface area contributed by atoms with Gasteiger partial charge < -0.3 is 10.3 Å². The second kappa shape index (κ2) is 3.97. The van der Waals surface area contributed by atoms with E-state index in [1.807, 2.05) is 30.6 Å². The molecule has 1 aliphatic carbocycles. The van der Waals surface area contributed by atoms with Crippen molar-refractivity contribution < 1.29 is 0 Å². The number of hydrogen-bond donors (Lipinski definition) is 2. The van der Waals surface area contributed by atoms with E-state index in [-0.39, 0.29) is 5.54 Å². The summed E-state index contributed by atoms with van der Waals surface area (Å²) in [4.78, 5) is 3.04. The van der Waals surface area contributed by atoms with Crippen molar-refractivity contribution in [2.45, 2.75) is 18.4 Å². The lowest BCUT2D eigenvalue weighted by atomic mass is 10.0. The molecule has 2 nitrogen and oxygen atoms in total. The van der Waals surface area contributed by atoms with Gasteiger partial charge in [-0.2, -0.15) is 0 Å². The summed E-state index contributed by atoms with van der Waals surface area (Å²) in [6.45, 7) is 0. The van der Waals surface area contributed by atoms with Crippen LogP contribution in [0.15, 0.2) is 36.7 Å². The Kier molecular flexibility index (Phi) is 2.57. The van der Waals surface area contributed by atoms with Crippen LogP contribution < -0.4 is 5.32 Å². The highest BCUT2D eigenvalue weighted by molar-refractivity contribution is 6.35. The monoisotopic (exact) mass is 266 g/mol. The highest BCUT2D eigenvalue weighted by atomic mass is 35.5. The summed E-state index contributed by atoms with van der Waals surface area (Å²) >= 11 is 12.2. The van der Waals surface area contributed by atoms with Crippen LogP contribution in [-0.2, 0) is 5.54 Å². The highest BCUT2D eigenvalue weighted by Gasteiger charge is 2.45. The smallest absolute Gasteiger partial charge is 0.0642 e. The number of halogens is 2. The van der Waals surface area contributed by atoms with Crippen molar-refractivity contribution in [2.24, 2.45) is 0 Å². The fourth-order valence-electron chi connectivity index (χ4n) is 2.14. The van der Waals surface area contributed by atoms with Gasteiger partial charge in [-0.15, -0.1) is 0 Å². The maximum absolute atomic E-state index is 6.26. The summed E-state index contributed by atoms with van der Waals surface area (Å²) in [5.74, 6) is 0. The van der Waals surface area contributed by atoms with E-state index in [0.717, 1.165) is 29.1 Å². The third-order valence-corrected chi connectivity index (χ3v) is 3.73. The van der Waals surface area contributed by atoms with E-state index in [0.29, 0.717) is 5.02 Å². The number of anilines is 1. The van der Waals surface area contributed by atoms with Crippen LogP contribution >= 0.6 is 23.2 Å². The van der Waals surface area contributed by atoms with Gasteiger partial charge in [0, 0.05) is 22.4 Å². The average Bonchev–Trinajstić information content (AvgIpc) is 2.86. The Morgan fingerprint density at radius 2 is 2.00 bits per heavy atom. The Labute approximate surface area is 110 Å². The molecule has 88 valence electrons. The molecule has 1 aromatic heterocycles. The van der Waals surface area contributed by atoms with Gasteiger partial charge in [0.15, 0.2) is 0 Å². The van der Waals surface area contributed by atoms with E-state index in [1.165, 1.54) is 0 Å². The number of rotatable bonds is 3. The molecule has 1 heterocycles. The lowest BCUT2D eigenvalue weighted by Crippen LogP contribution is -2.18. The SMILES string of the molecule is Clc1ccc(C2(Nc3cc[nH]c3)CC2)c(Cl)c1. The van der Waals surface area contributed by atoms with Crippen molar-refractivity contribution in [3.05, 3.63) is 52.3 Å². The Morgan fingerprint density at radius 3 is 2.59 bits per heavy atom. The number of hydrogen-bond acceptors (Lipinski definition) is 1. The van der Waals surface area contributed by atoms with Gasteiger partial charge in [-0.3, -0.25) is 0 Å². The minimum Gasteiger partial charge on any atom is -0.374 e. The molecule has 17 heavy (non-hydrogen) atoms. The molecule has 0 aliphatic heterocycles. The minimum absolute atomic E-state index is 0.0101. The second-order valence-corrected chi connectivity index (χ2v) is 5.27. The fourth-order valence-corrected chi connectivity index (χ4v) is 2.73. The van der Waals surface area contributed by atoms with Crippen LogP contribution in [0.3, 0.4) is 0 Å². The Hall–Kier alpha value is -1.12. The molecule has 4 heteroatoms. The second-order valence-electron chi connectivity index (χ2n) is 4.43. The Morgan fingerprint density at radius 1 is 1.18 bits per heavy atom. The molecule has 1 aromatic carbocycles. The highest BCUT2D eigenvalue weighted by Crippen LogP contribution is 2.50. The summed E-state index contributed by atoms with van der Waals surface area (Å²) < 4.78 is 0. The number of aromatic nitrogens is 1. The normalized spacial score (nSPS) is 16.8. The molecule has 2 aromatic rings. The average molecular weight is 267 g/mol. The van der Waals surface area contributed by atoms with E-state index in [4.69, 9.17) is 23.2 Å². The van der Waals surface area contributed by atoms with Gasteiger partial charge in [-0.25, -0.2) is 0 Å². The summed E-state index contributed by atoms with van der Waals surface area (Å²) in [6.07, 6.45) is 6.05. The van der Waals surface area contributed by atoms with Gasteiger partial charge in [0.25, 0.3) is 0 Å². The maximum atomic E-state index is 6.26. The fraction of sp³-hybridized carbons (Fsp3) is 0.231. The summed E-state index contributed by atoms with van der Waals surface area (Å²) in [5.41, 5.74) is 2.21. The zero-order chi connectivity index (χ0) is 11.9. The molecule has 1 saturated carbocycles. The van der Waals surface area contributed by atoms with Gasteiger partial charge in [0.2, 0.25) is 0 Å². The van der Waals surface area contributed by atoms with Gasteiger partial charge >= 0.3 is 0 Å². The quantitative estimate of drug-likeness (QED) is 0.846. The first-order chi connectivity index (χ1) is 8.20. The number of nitrogens with one attached hydrogen (secondary N) is 2. The van der Waals surface area contributed by atoms with Crippen molar-refractivity contribution >= 4 is 28.9 Å². The van der Waals surface area contributed by atoms with Gasteiger partial charge in [-0.05, 0) is 36.6 Å². The maximum Gasteiger partial charge on any atom is 0.0642 e. The van der Waals surface area contributed by atoms with Crippen LogP contribution in [0.1, 0.15) is 18.4 Å². The predicted octanol–water partition coefficient (Wildman–Crippen LogP) is 4.42. The molecule has 0 bridgehead atoms. The molecule has 0 radical (unpaired) electrons. The molecule has 0 amide bonds. The standard InChI is InChI=1S/C13H12Cl2N2/c14-9-1-2-11(12(15)7-9)13(4-5-13)17-10-3-6-16-8-10/h1-3,6-8,16-17H,4-5H2. The molecular weight excluding hydrogens is 255 g/mol. The van der Waals surface area contributed by atoms with Crippen LogP contribution in [0.4, 0.5) is 5.69 Å². The lowest BCUT2D eigenvalue weighted by molar-refractivity contribution is 0.809. The summed E-state index contributed by atoms with van der Waals surface area (Å²) in [6, 6.07) is 7.72. The molecule has 3 rings (SSSR count). The van der Waals surface area contributed by atoms with E-state index in [1.54, 1.807) is 6.07 Å². The van der Waals surface area contributed by atoms with Crippen LogP contribution in [0.25, 0.3) is 0 Å². The van der Waals surface area contributed by atoms with Crippen LogP contribution in [-0.4, -0.2) is 4.98 Å². The van der Waals surface area contributed by atoms with Crippen molar-refractivity contribution in [2.75, 3.05) is 5.32 Å². The molecule has 0 spiro atoms. The van der Waals surface area contributed by atoms with Gasteiger partial charge in [-0.1, -0.05) is 29.3 Å². The van der Waals surface area contributed by atoms with E-state index in [2.05, 4.69) is 10.3 Å². The molecule has 0 saturated heterocycles. The zero-order valence-corrected chi connectivity index (χ0v) is 10.6. The molecule has 1 aliphatic rings. The topological polar surface area (TPSA) is 27.8 Å². The third-order valence-electron chi connectivity index (χ3n) is 3.18. The van der Waals surface area contributed by atoms with Crippen LogP contribution in [0.5, 0.6) is 0 Å². The number of aromatic amines is 1. The van der Waals surface area contributed by atoms with E-state index >= 15 is 0 Å². The van der Waals surface area contributed by atoms with Gasteiger partial charge in [0.05, 0.1) is 11.2 Å². The first-order valence-corrected chi connectivity index (χ1v) is 6.32. The van der Waals surface area contributed by atoms with E-state index in [9.17, 15) is 0 Å².